The van der Waals surface area contributed by atoms with E-state index in [0.29, 0.717) is 17.5 Å². The number of aryl methyl sites for hydroxylation is 2. The van der Waals surface area contributed by atoms with Crippen LogP contribution >= 0.6 is 17.6 Å². The molecule has 0 N–H and O–H groups in total. The molecule has 46 heavy (non-hydrogen) atoms. The average molecular weight is 876 g/mol. The molecule has 2 fully saturated rings. The van der Waals surface area contributed by atoms with Crippen molar-refractivity contribution in [2.75, 3.05) is 6.16 Å². The predicted octanol–water partition coefficient (Wildman–Crippen LogP) is 11.6. The van der Waals surface area contributed by atoms with Gasteiger partial charge in [-0.3, -0.25) is 4.99 Å². The van der Waals surface area contributed by atoms with Crippen LogP contribution in [0.2, 0.25) is 0 Å². The van der Waals surface area contributed by atoms with Crippen LogP contribution in [-0.4, -0.2) is 37.0 Å². The number of aliphatic imine (C=N–C) groups is 1. The van der Waals surface area contributed by atoms with Crippen LogP contribution in [0.5, 0.6) is 0 Å². The third kappa shape index (κ3) is 12.2. The molecular weight excluding hydrogens is 838 g/mol. The molecular formula is C35H38ClF6NPRuSb. The molecule has 1 saturated heterocycles. The summed E-state index contributed by atoms with van der Waals surface area (Å²) in [5.74, 6) is 4.05. The van der Waals surface area contributed by atoms with Crippen molar-refractivity contribution < 1.29 is 34.2 Å². The Morgan fingerprint density at radius 3 is 1.83 bits per heavy atom. The van der Waals surface area contributed by atoms with Gasteiger partial charge < -0.3 is 0 Å². The molecule has 3 aliphatic rings. The zero-order valence-electron chi connectivity index (χ0n) is 26.2. The van der Waals surface area contributed by atoms with Gasteiger partial charge in [0.05, 0.1) is 11.4 Å². The van der Waals surface area contributed by atoms with Crippen LogP contribution in [0, 0.1) is 57.3 Å². The summed E-state index contributed by atoms with van der Waals surface area (Å²) < 4.78 is 59.6. The van der Waals surface area contributed by atoms with E-state index in [4.69, 9.17) is 4.99 Å². The maximum atomic E-state index is 9.93. The fourth-order valence-corrected chi connectivity index (χ4v) is 8.96. The third-order valence-corrected chi connectivity index (χ3v) is 10.8. The minimum atomic E-state index is -11.2. The molecule has 0 unspecified atom stereocenters. The molecule has 0 bridgehead atoms. The maximum absolute atomic E-state index is 11.2. The number of hydrogen-bond acceptors (Lipinski definition) is 1. The quantitative estimate of drug-likeness (QED) is 0.141. The van der Waals surface area contributed by atoms with Crippen LogP contribution in [0.1, 0.15) is 55.4 Å². The van der Waals surface area contributed by atoms with Gasteiger partial charge in [-0.15, -0.1) is 0 Å². The number of para-hydroxylation sites is 1. The van der Waals surface area contributed by atoms with E-state index in [-0.39, 0.29) is 7.92 Å². The van der Waals surface area contributed by atoms with Gasteiger partial charge in [-0.25, -0.2) is 0 Å². The van der Waals surface area contributed by atoms with Crippen molar-refractivity contribution in [3.8, 4) is 0 Å². The molecule has 2 aliphatic carbocycles. The molecule has 3 aromatic rings. The zero-order chi connectivity index (χ0) is 34.3. The molecule has 6 rings (SSSR count). The summed E-state index contributed by atoms with van der Waals surface area (Å²) in [5, 5.41) is 1.53. The molecule has 0 spiro atoms. The van der Waals surface area contributed by atoms with Gasteiger partial charge in [-0.1, -0.05) is 101 Å². The van der Waals surface area contributed by atoms with Crippen LogP contribution in [0.3, 0.4) is 0 Å². The fourth-order valence-electron chi connectivity index (χ4n) is 5.76. The van der Waals surface area contributed by atoms with Crippen molar-refractivity contribution in [1.82, 2.24) is 0 Å². The van der Waals surface area contributed by atoms with Gasteiger partial charge in [0, 0.05) is 11.2 Å². The Morgan fingerprint density at radius 2 is 1.28 bits per heavy atom. The number of halogens is 7. The first kappa shape index (κ1) is 39.5. The van der Waals surface area contributed by atoms with E-state index in [1.165, 1.54) is 57.7 Å². The molecule has 0 aromatic heterocycles. The summed E-state index contributed by atoms with van der Waals surface area (Å²) in [6.45, 7) is 10.9. The first-order chi connectivity index (χ1) is 21.4. The summed E-state index contributed by atoms with van der Waals surface area (Å²) in [6, 6.07) is 26.6. The summed E-state index contributed by atoms with van der Waals surface area (Å²) >= 11 is -9.43. The number of fused-ring (bicyclic) bond motifs is 3. The van der Waals surface area contributed by atoms with Crippen molar-refractivity contribution in [3.05, 3.63) is 133 Å². The normalized spacial score (nSPS) is 23.4. The van der Waals surface area contributed by atoms with Crippen LogP contribution in [-0.2, 0) is 17.3 Å². The molecule has 3 atom stereocenters. The second kappa shape index (κ2) is 15.7. The predicted molar refractivity (Wildman–Crippen MR) is 180 cm³/mol. The van der Waals surface area contributed by atoms with Crippen molar-refractivity contribution in [2.45, 2.75) is 52.6 Å². The summed E-state index contributed by atoms with van der Waals surface area (Å²) in [6.07, 6.45) is 11.3. The number of nitrogens with zero attached hydrogens (tertiary/aromatic N) is 1. The molecule has 1 aliphatic heterocycles. The average Bonchev–Trinajstić information content (AvgIpc) is 3.55. The van der Waals surface area contributed by atoms with Crippen LogP contribution in [0.25, 0.3) is 0 Å². The summed E-state index contributed by atoms with van der Waals surface area (Å²) in [5.41, 5.74) is 8.50. The SMILES string of the molecule is C[C]1[CH][CH][C](C(C)C)[CH][CH]1.Cc1cccc(C)c1N=C1c2ccccc2[C@@H]2CC[P@](c3ccccc3)[C@H]12.[Cl][Ru+].[F][Sb-]([F])([F])([F])([F])[F]. The summed E-state index contributed by atoms with van der Waals surface area (Å²) in [7, 11) is 4.36. The Kier molecular flexibility index (Phi) is 13.5. The molecule has 1 saturated carbocycles. The van der Waals surface area contributed by atoms with E-state index in [1.54, 1.807) is 0 Å². The first-order valence-corrected chi connectivity index (χ1v) is 24.3. The van der Waals surface area contributed by atoms with E-state index in [1.807, 2.05) is 17.3 Å². The van der Waals surface area contributed by atoms with Crippen LogP contribution in [0.15, 0.2) is 77.8 Å². The zero-order valence-corrected chi connectivity index (χ0v) is 32.2. The number of rotatable bonds is 3. The van der Waals surface area contributed by atoms with Gasteiger partial charge in [-0.2, -0.15) is 0 Å². The Hall–Kier alpha value is -0.928. The molecule has 1 nitrogen and oxygen atoms in total. The van der Waals surface area contributed by atoms with Crippen LogP contribution in [0.4, 0.5) is 22.6 Å². The Labute approximate surface area is 288 Å². The van der Waals surface area contributed by atoms with Gasteiger partial charge in [0.15, 0.2) is 0 Å². The van der Waals surface area contributed by atoms with Gasteiger partial charge in [0.25, 0.3) is 0 Å². The molecule has 11 heteroatoms. The van der Waals surface area contributed by atoms with E-state index in [2.05, 4.69) is 143 Å². The number of benzene rings is 3. The fraction of sp³-hybridized carbons (Fsp3) is 0.286. The van der Waals surface area contributed by atoms with Gasteiger partial charge in [0.2, 0.25) is 0 Å². The first-order valence-electron chi connectivity index (χ1n) is 14.7. The molecule has 6 radical (unpaired) electrons. The van der Waals surface area contributed by atoms with E-state index >= 15 is 0 Å². The standard InChI is InChI=1S/C25H24NP.C10H14.ClH.6FH.Ru.Sb/c1-17-9-8-10-18(2)23(17)26-24-21-14-7-6-13-20(21)22-15-16-27(25(22)24)19-11-4-3-5-12-19;1-8(2)10-6-4-9(3)5-7-10;;;;;;;;;/h3-14,22,25H,15-16H2,1-2H3;4-8H,1-3H3;7*1H;;/q;;;;;;;;;+2;+5/p-7/t22-,25-,27+;;;;;;;;;;/m0........../s1. The van der Waals surface area contributed by atoms with Crippen molar-refractivity contribution in [2.24, 2.45) is 10.9 Å². The molecule has 250 valence electrons. The minimum absolute atomic E-state index is 0.213. The Bertz CT molecular complexity index is 1430. The van der Waals surface area contributed by atoms with Crippen molar-refractivity contribution in [1.29, 1.82) is 0 Å². The third-order valence-electron chi connectivity index (χ3n) is 7.82. The molecule has 0 amide bonds. The van der Waals surface area contributed by atoms with E-state index < -0.39 is 19.5 Å². The Morgan fingerprint density at radius 1 is 0.761 bits per heavy atom. The Balaban J connectivity index is 0.000000250. The second-order valence-electron chi connectivity index (χ2n) is 11.7. The van der Waals surface area contributed by atoms with E-state index in [9.17, 15) is 16.9 Å². The topological polar surface area (TPSA) is 12.4 Å². The van der Waals surface area contributed by atoms with Gasteiger partial charge in [0.1, 0.15) is 0 Å². The van der Waals surface area contributed by atoms with E-state index in [0.717, 1.165) is 5.69 Å². The summed E-state index contributed by atoms with van der Waals surface area (Å²) in [4.78, 5) is 5.35. The van der Waals surface area contributed by atoms with Crippen LogP contribution < -0.4 is 5.30 Å². The van der Waals surface area contributed by atoms with Crippen molar-refractivity contribution in [3.63, 3.8) is 0 Å². The van der Waals surface area contributed by atoms with Gasteiger partial charge in [-0.05, 0) is 97.8 Å². The molecule has 1 heterocycles. The van der Waals surface area contributed by atoms with Gasteiger partial charge >= 0.3 is 63.4 Å². The number of hydrogen-bond donors (Lipinski definition) is 0. The second-order valence-corrected chi connectivity index (χ2v) is 19.6. The molecule has 3 aromatic carbocycles. The monoisotopic (exact) mass is 875 g/mol. The van der Waals surface area contributed by atoms with Crippen molar-refractivity contribution >= 4 is 53.8 Å².